The minimum absolute atomic E-state index is 0.0270. The summed E-state index contributed by atoms with van der Waals surface area (Å²) in [6.45, 7) is 5.08. The molecule has 0 aromatic carbocycles. The van der Waals surface area contributed by atoms with Crippen molar-refractivity contribution in [2.75, 3.05) is 19.6 Å². The van der Waals surface area contributed by atoms with Crippen molar-refractivity contribution in [2.24, 2.45) is 17.6 Å². The molecule has 0 saturated carbocycles. The molecule has 0 aliphatic carbocycles. The maximum atomic E-state index is 13.9. The number of nitrogens with zero attached hydrogens (tertiary/aromatic N) is 3. The highest BCUT2D eigenvalue weighted by atomic mass is 16.4. The van der Waals surface area contributed by atoms with E-state index in [0.717, 1.165) is 0 Å². The second-order valence-corrected chi connectivity index (χ2v) is 15.7. The zero-order chi connectivity index (χ0) is 48.9. The van der Waals surface area contributed by atoms with E-state index in [1.54, 1.807) is 27.7 Å². The van der Waals surface area contributed by atoms with Crippen LogP contribution in [-0.4, -0.2) is 155 Å². The van der Waals surface area contributed by atoms with E-state index in [1.165, 1.54) is 37.6 Å². The van der Waals surface area contributed by atoms with Gasteiger partial charge in [0.05, 0.1) is 62.1 Å². The van der Waals surface area contributed by atoms with Gasteiger partial charge in [0.1, 0.15) is 36.3 Å². The first kappa shape index (κ1) is 52.6. The van der Waals surface area contributed by atoms with Gasteiger partial charge in [-0.3, -0.25) is 43.2 Å². The molecule has 66 heavy (non-hydrogen) atoms. The van der Waals surface area contributed by atoms with Crippen LogP contribution in [0.25, 0.3) is 0 Å². The van der Waals surface area contributed by atoms with Crippen molar-refractivity contribution in [1.82, 2.24) is 72.4 Å². The van der Waals surface area contributed by atoms with Crippen LogP contribution in [0.2, 0.25) is 0 Å². The topological polar surface area (TPSA) is 419 Å². The number of rotatable bonds is 28. The Hall–Kier alpha value is -7.71. The van der Waals surface area contributed by atoms with Gasteiger partial charge in [0.15, 0.2) is 0 Å². The van der Waals surface area contributed by atoms with E-state index in [0.29, 0.717) is 11.4 Å². The minimum atomic E-state index is -1.82. The maximum absolute atomic E-state index is 13.9. The van der Waals surface area contributed by atoms with E-state index >= 15 is 0 Å². The summed E-state index contributed by atoms with van der Waals surface area (Å²) in [5.41, 5.74) is 6.27. The van der Waals surface area contributed by atoms with Gasteiger partial charge in [-0.25, -0.2) is 19.7 Å². The van der Waals surface area contributed by atoms with Crippen molar-refractivity contribution >= 4 is 59.2 Å². The Morgan fingerprint density at radius 2 is 0.985 bits per heavy atom. The molecule has 3 aromatic rings. The fourth-order valence-electron chi connectivity index (χ4n) is 6.17. The number of amides is 8. The summed E-state index contributed by atoms with van der Waals surface area (Å²) >= 11 is 0. The molecule has 360 valence electrons. The smallest absolute Gasteiger partial charge is 0.326 e. The van der Waals surface area contributed by atoms with Crippen molar-refractivity contribution in [2.45, 2.75) is 96.1 Å². The first-order chi connectivity index (χ1) is 31.3. The van der Waals surface area contributed by atoms with Gasteiger partial charge in [-0.1, -0.05) is 27.7 Å². The van der Waals surface area contributed by atoms with E-state index in [9.17, 15) is 58.2 Å². The zero-order valence-corrected chi connectivity index (χ0v) is 36.6. The molecule has 3 rings (SSSR count). The van der Waals surface area contributed by atoms with Crippen LogP contribution in [0.3, 0.4) is 0 Å². The Balaban J connectivity index is 1.76. The first-order valence-electron chi connectivity index (χ1n) is 20.7. The Morgan fingerprint density at radius 1 is 0.545 bits per heavy atom. The Bertz CT molecular complexity index is 2110. The van der Waals surface area contributed by atoms with Crippen molar-refractivity contribution in [3.05, 3.63) is 54.7 Å². The largest absolute Gasteiger partial charge is 0.481 e. The number of hydrogen-bond acceptors (Lipinski definition) is 14. The third kappa shape index (κ3) is 18.2. The van der Waals surface area contributed by atoms with Crippen molar-refractivity contribution in [3.8, 4) is 0 Å². The first-order valence-corrected chi connectivity index (χ1v) is 20.7. The zero-order valence-electron chi connectivity index (χ0n) is 36.6. The molecule has 0 aliphatic rings. The van der Waals surface area contributed by atoms with Gasteiger partial charge in [-0.15, -0.1) is 0 Å². The molecule has 0 bridgehead atoms. The summed E-state index contributed by atoms with van der Waals surface area (Å²) in [7, 11) is 0. The third-order valence-corrected chi connectivity index (χ3v) is 9.48. The lowest BCUT2D eigenvalue weighted by atomic mass is 9.99. The van der Waals surface area contributed by atoms with Crippen molar-refractivity contribution < 1.29 is 58.2 Å². The molecule has 6 atom stereocenters. The molecule has 0 fully saturated rings. The lowest BCUT2D eigenvalue weighted by Crippen LogP contribution is -2.61. The van der Waals surface area contributed by atoms with Gasteiger partial charge in [-0.05, 0) is 18.3 Å². The molecule has 0 radical (unpaired) electrons. The molecule has 0 spiro atoms. The van der Waals surface area contributed by atoms with Gasteiger partial charge < -0.3 is 73.4 Å². The number of nitrogens with two attached hydrogens (primary N) is 1. The minimum Gasteiger partial charge on any atom is -0.481 e. The molecule has 3 aromatic heterocycles. The van der Waals surface area contributed by atoms with E-state index in [4.69, 9.17) is 5.73 Å². The molecular formula is C39H57N15O12. The number of H-pyrrole nitrogens is 3. The van der Waals surface area contributed by atoms with Crippen molar-refractivity contribution in [1.29, 1.82) is 0 Å². The van der Waals surface area contributed by atoms with Crippen LogP contribution < -0.4 is 48.3 Å². The number of carboxylic acid groups (broad SMARTS) is 2. The second kappa shape index (κ2) is 26.2. The molecule has 8 amide bonds. The Labute approximate surface area is 377 Å². The maximum Gasteiger partial charge on any atom is 0.326 e. The summed E-state index contributed by atoms with van der Waals surface area (Å²) < 4.78 is 0. The highest BCUT2D eigenvalue weighted by Gasteiger charge is 2.35. The van der Waals surface area contributed by atoms with Crippen LogP contribution in [0, 0.1) is 11.8 Å². The van der Waals surface area contributed by atoms with Gasteiger partial charge in [0, 0.05) is 37.9 Å². The number of imidazole rings is 3. The van der Waals surface area contributed by atoms with Gasteiger partial charge in [0.2, 0.25) is 47.3 Å². The molecule has 27 heteroatoms. The molecule has 0 aliphatic heterocycles. The number of aromatic amines is 3. The van der Waals surface area contributed by atoms with Crippen LogP contribution in [0.5, 0.6) is 0 Å². The van der Waals surface area contributed by atoms with Gasteiger partial charge >= 0.3 is 11.9 Å². The Morgan fingerprint density at radius 3 is 1.44 bits per heavy atom. The standard InChI is InChI=1S/C39H57N15O12/c1-19(2)5-24(53-38(64)33(20(3)4)54-37(63)26(7-22-12-42-17-47-22)49-30(56)14-44-29(55)10-40)35(61)52-27(9-32(58)59)36(62)51-25(6-21-11-41-16-46-21)34(60)45-15-31(57)50-28(39(65)66)8-23-13-43-18-48-23/h11-13,16-20,24-28,33H,5-10,14-15,40H2,1-4H3,(H,41,46)(H,42,47)(H,43,48)(H,44,55)(H,45,60)(H,49,56)(H,50,57)(H,51,62)(H,52,61)(H,53,64)(H,54,63)(H,58,59)(H,65,66)/t24-,25-,26-,27-,28-,33-/m0/s1. The molecular weight excluding hydrogens is 871 g/mol. The lowest BCUT2D eigenvalue weighted by molar-refractivity contribution is -0.141. The van der Waals surface area contributed by atoms with E-state index < -0.39 is 121 Å². The molecule has 3 heterocycles. The number of hydrogen-bond donors (Lipinski definition) is 14. The van der Waals surface area contributed by atoms with Gasteiger partial charge in [-0.2, -0.15) is 0 Å². The van der Waals surface area contributed by atoms with Crippen molar-refractivity contribution in [3.63, 3.8) is 0 Å². The second-order valence-electron chi connectivity index (χ2n) is 15.7. The predicted molar refractivity (Wildman–Crippen MR) is 228 cm³/mol. The summed E-state index contributed by atoms with van der Waals surface area (Å²) in [6.07, 6.45) is 6.75. The summed E-state index contributed by atoms with van der Waals surface area (Å²) in [6, 6.07) is -8.70. The monoisotopic (exact) mass is 927 g/mol. The fourth-order valence-corrected chi connectivity index (χ4v) is 6.17. The molecule has 0 saturated heterocycles. The van der Waals surface area contributed by atoms with E-state index in [1.807, 2.05) is 0 Å². The number of nitrogens with one attached hydrogen (secondary N) is 11. The Kier molecular flexibility index (Phi) is 20.9. The fraction of sp³-hybridized carbons (Fsp3) is 0.513. The summed E-state index contributed by atoms with van der Waals surface area (Å²) in [4.78, 5) is 150. The summed E-state index contributed by atoms with van der Waals surface area (Å²) in [5, 5.41) is 38.6. The molecule has 27 nitrogen and oxygen atoms in total. The quantitative estimate of drug-likeness (QED) is 0.0325. The van der Waals surface area contributed by atoms with Gasteiger partial charge in [0.25, 0.3) is 0 Å². The van der Waals surface area contributed by atoms with Crippen LogP contribution in [-0.2, 0) is 67.2 Å². The van der Waals surface area contributed by atoms with Crippen LogP contribution in [0.15, 0.2) is 37.6 Å². The van der Waals surface area contributed by atoms with Crippen LogP contribution in [0.1, 0.15) is 57.6 Å². The average molecular weight is 928 g/mol. The van der Waals surface area contributed by atoms with E-state index in [2.05, 4.69) is 72.4 Å². The van der Waals surface area contributed by atoms with Crippen LogP contribution >= 0.6 is 0 Å². The predicted octanol–water partition coefficient (Wildman–Crippen LogP) is -4.75. The van der Waals surface area contributed by atoms with Crippen LogP contribution in [0.4, 0.5) is 0 Å². The number of carboxylic acids is 2. The summed E-state index contributed by atoms with van der Waals surface area (Å²) in [5.74, 6) is -10.7. The highest BCUT2D eigenvalue weighted by Crippen LogP contribution is 2.11. The average Bonchev–Trinajstić information content (AvgIpc) is 4.08. The highest BCUT2D eigenvalue weighted by molar-refractivity contribution is 5.98. The number of aliphatic carboxylic acids is 2. The lowest BCUT2D eigenvalue weighted by Gasteiger charge is -2.28. The third-order valence-electron chi connectivity index (χ3n) is 9.48. The molecule has 0 unspecified atom stereocenters. The number of carbonyl (C=O) groups is 10. The molecule has 15 N–H and O–H groups in total. The van der Waals surface area contributed by atoms with E-state index in [-0.39, 0.29) is 43.8 Å². The normalized spacial score (nSPS) is 13.7. The number of aromatic nitrogens is 6. The number of carbonyl (C=O) groups excluding carboxylic acids is 8. The SMILES string of the molecule is CC(C)C[C@H](NC(=O)[C@@H](NC(=O)[C@H](Cc1c[nH]cn1)NC(=O)CNC(=O)CN)C(C)C)C(=O)N[C@@H](CC(=O)O)C(=O)N[C@@H](Cc1c[nH]cn1)C(=O)NCC(=O)N[C@@H](Cc1c[nH]cn1)C(=O)O.